The summed E-state index contributed by atoms with van der Waals surface area (Å²) in [6.07, 6.45) is 5.11. The summed E-state index contributed by atoms with van der Waals surface area (Å²) in [6, 6.07) is 6.97. The molecule has 2 aliphatic rings. The molecule has 0 spiro atoms. The quantitative estimate of drug-likeness (QED) is 0.456. The average molecular weight is 494 g/mol. The molecule has 1 aliphatic heterocycles. The second-order valence-electron chi connectivity index (χ2n) is 9.63. The number of amides is 1. The number of benzene rings is 1. The number of carbonyl (C=O) groups excluding carboxylic acids is 1. The zero-order valence-corrected chi connectivity index (χ0v) is 19.4. The third-order valence-corrected chi connectivity index (χ3v) is 6.82. The second-order valence-corrected chi connectivity index (χ2v) is 9.63. The molecule has 4 aromatic rings. The summed E-state index contributed by atoms with van der Waals surface area (Å²) >= 11 is 0. The first kappa shape index (κ1) is 19.3. The number of hydrogen-bond acceptors (Lipinski definition) is 6. The Balaban J connectivity index is 1.56. The van der Waals surface area contributed by atoms with Crippen LogP contribution >= 0.6 is 0 Å². The van der Waals surface area contributed by atoms with Gasteiger partial charge in [0.25, 0.3) is 5.91 Å². The van der Waals surface area contributed by atoms with Crippen LogP contribution in [0.1, 0.15) is 69.2 Å². The van der Waals surface area contributed by atoms with Crippen molar-refractivity contribution in [2.75, 3.05) is 6.98 Å². The number of ether oxygens (including phenoxy) is 1. The lowest BCUT2D eigenvalue weighted by Gasteiger charge is -2.23. The lowest BCUT2D eigenvalue weighted by Crippen LogP contribution is -2.30. The molecule has 184 valence electrons. The molecule has 6 rings (SSSR count). The predicted octanol–water partition coefficient (Wildman–Crippen LogP) is 4.25. The Hall–Kier alpha value is -3.92. The van der Waals surface area contributed by atoms with E-state index in [0.717, 1.165) is 10.5 Å². The normalized spacial score (nSPS) is 20.6. The fourth-order valence-corrected chi connectivity index (χ4v) is 5.16. The molecule has 1 aromatic carbocycles. The minimum Gasteiger partial charge on any atom is -0.434 e. The van der Waals surface area contributed by atoms with Crippen molar-refractivity contribution in [3.05, 3.63) is 77.0 Å². The van der Waals surface area contributed by atoms with E-state index in [-0.39, 0.29) is 23.3 Å². The molecular formula is C26H24F2N6O2. The summed E-state index contributed by atoms with van der Waals surface area (Å²) in [5.41, 5.74) is 9.34. The van der Waals surface area contributed by atoms with Crippen molar-refractivity contribution in [1.82, 2.24) is 24.5 Å². The van der Waals surface area contributed by atoms with E-state index in [9.17, 15) is 13.6 Å². The highest BCUT2D eigenvalue weighted by Gasteiger charge is 2.46. The second kappa shape index (κ2) is 7.79. The third-order valence-electron chi connectivity index (χ3n) is 6.82. The van der Waals surface area contributed by atoms with Gasteiger partial charge in [-0.3, -0.25) is 14.8 Å². The standard InChI is InChI=1S/C26H24F2N6O2/c1-26(2,29)20-12-30-16(11-31-20)13-7-8-34-17(9-13)22-15-10-18(23(22)32-34)33(3)24(35)14-5-4-6-19(21(14)15)36-25(27)28/h4-9,11-12,15,18,25H,10,29H2,1-3H3/t15-,18-/m1/s1/i3D3. The number of pyridine rings is 1. The molecule has 10 heteroatoms. The first-order valence-electron chi connectivity index (χ1n) is 12.9. The molecular weight excluding hydrogens is 466 g/mol. The molecule has 2 bridgehead atoms. The number of fused-ring (bicyclic) bond motifs is 9. The number of halogens is 2. The minimum atomic E-state index is -3.12. The first-order chi connectivity index (χ1) is 18.3. The Morgan fingerprint density at radius 2 is 2.06 bits per heavy atom. The van der Waals surface area contributed by atoms with Crippen molar-refractivity contribution in [2.45, 2.75) is 44.4 Å². The molecule has 0 saturated carbocycles. The minimum absolute atomic E-state index is 0.0174. The predicted molar refractivity (Wildman–Crippen MR) is 128 cm³/mol. The van der Waals surface area contributed by atoms with Gasteiger partial charge in [-0.1, -0.05) is 6.07 Å². The molecule has 36 heavy (non-hydrogen) atoms. The van der Waals surface area contributed by atoms with E-state index in [1.165, 1.54) is 18.2 Å². The zero-order chi connectivity index (χ0) is 27.9. The van der Waals surface area contributed by atoms with Gasteiger partial charge >= 0.3 is 6.61 Å². The number of nitrogens with zero attached hydrogens (tertiary/aromatic N) is 5. The van der Waals surface area contributed by atoms with Crippen LogP contribution in [0.5, 0.6) is 5.75 Å². The molecule has 0 fully saturated rings. The van der Waals surface area contributed by atoms with E-state index in [1.807, 2.05) is 19.9 Å². The summed E-state index contributed by atoms with van der Waals surface area (Å²) in [5.74, 6) is -1.55. The Bertz CT molecular complexity index is 1620. The van der Waals surface area contributed by atoms with E-state index in [0.29, 0.717) is 28.2 Å². The van der Waals surface area contributed by atoms with E-state index in [1.54, 1.807) is 29.2 Å². The Morgan fingerprint density at radius 1 is 1.22 bits per heavy atom. The maximum absolute atomic E-state index is 13.5. The van der Waals surface area contributed by atoms with Crippen molar-refractivity contribution in [1.29, 1.82) is 0 Å². The number of carbonyl (C=O) groups is 1. The SMILES string of the molecule is [2H]C([2H])([2H])N1C(=O)c2cccc(OC(F)F)c2[C@H]2C[C@@H]1c1nn3ccc(-c4cnc(C(C)(C)N)cn4)cc3c12. The Kier molecular flexibility index (Phi) is 4.17. The molecule has 1 aliphatic carbocycles. The van der Waals surface area contributed by atoms with Crippen molar-refractivity contribution >= 4 is 11.4 Å². The van der Waals surface area contributed by atoms with Crippen LogP contribution in [0, 0.1) is 0 Å². The van der Waals surface area contributed by atoms with Crippen molar-refractivity contribution in [2.24, 2.45) is 5.73 Å². The van der Waals surface area contributed by atoms with Crippen LogP contribution in [-0.2, 0) is 5.54 Å². The maximum Gasteiger partial charge on any atom is 0.387 e. The van der Waals surface area contributed by atoms with Crippen molar-refractivity contribution in [3.8, 4) is 17.0 Å². The number of rotatable bonds is 4. The summed E-state index contributed by atoms with van der Waals surface area (Å²) in [6.45, 7) is -2.25. The molecule has 1 amide bonds. The van der Waals surface area contributed by atoms with Gasteiger partial charge in [0.2, 0.25) is 0 Å². The van der Waals surface area contributed by atoms with Crippen molar-refractivity contribution < 1.29 is 22.4 Å². The van der Waals surface area contributed by atoms with Gasteiger partial charge in [-0.2, -0.15) is 13.9 Å². The Morgan fingerprint density at radius 3 is 2.75 bits per heavy atom. The van der Waals surface area contributed by atoms with Crippen LogP contribution in [0.3, 0.4) is 0 Å². The first-order valence-corrected chi connectivity index (χ1v) is 11.4. The number of nitrogens with two attached hydrogens (primary N) is 1. The van der Waals surface area contributed by atoms with Gasteiger partial charge in [0, 0.05) is 45.5 Å². The van der Waals surface area contributed by atoms with Crippen LogP contribution in [0.2, 0.25) is 0 Å². The highest BCUT2D eigenvalue weighted by Crippen LogP contribution is 2.53. The average Bonchev–Trinajstić information content (AvgIpc) is 3.35. The molecule has 0 radical (unpaired) electrons. The number of alkyl halides is 2. The molecule has 2 atom stereocenters. The monoisotopic (exact) mass is 493 g/mol. The fourth-order valence-electron chi connectivity index (χ4n) is 5.16. The van der Waals surface area contributed by atoms with Crippen LogP contribution in [0.15, 0.2) is 48.9 Å². The van der Waals surface area contributed by atoms with Crippen LogP contribution in [0.4, 0.5) is 8.78 Å². The summed E-state index contributed by atoms with van der Waals surface area (Å²) in [7, 11) is 0. The molecule has 0 saturated heterocycles. The number of hydrogen-bond donors (Lipinski definition) is 1. The fraction of sp³-hybridized carbons (Fsp3) is 0.308. The van der Waals surface area contributed by atoms with E-state index < -0.39 is 37.0 Å². The van der Waals surface area contributed by atoms with Crippen molar-refractivity contribution in [3.63, 3.8) is 0 Å². The van der Waals surface area contributed by atoms with Crippen LogP contribution in [-0.4, -0.2) is 44.0 Å². The van der Waals surface area contributed by atoms with Crippen LogP contribution < -0.4 is 10.5 Å². The highest BCUT2D eigenvalue weighted by atomic mass is 19.3. The third kappa shape index (κ3) is 3.35. The van der Waals surface area contributed by atoms with E-state index in [4.69, 9.17) is 14.6 Å². The zero-order valence-electron chi connectivity index (χ0n) is 22.4. The summed E-state index contributed by atoms with van der Waals surface area (Å²) < 4.78 is 57.6. The molecule has 3 aromatic heterocycles. The topological polar surface area (TPSA) is 98.6 Å². The molecule has 0 unspecified atom stereocenters. The van der Waals surface area contributed by atoms with E-state index >= 15 is 0 Å². The van der Waals surface area contributed by atoms with Gasteiger partial charge in [0.1, 0.15) is 5.75 Å². The van der Waals surface area contributed by atoms with E-state index in [2.05, 4.69) is 15.1 Å². The van der Waals surface area contributed by atoms with Gasteiger partial charge in [-0.15, -0.1) is 0 Å². The van der Waals surface area contributed by atoms with Gasteiger partial charge < -0.3 is 15.4 Å². The smallest absolute Gasteiger partial charge is 0.387 e. The van der Waals surface area contributed by atoms with Gasteiger partial charge in [-0.25, -0.2) is 4.52 Å². The van der Waals surface area contributed by atoms with Gasteiger partial charge in [0.15, 0.2) is 0 Å². The van der Waals surface area contributed by atoms with Gasteiger partial charge in [0.05, 0.1) is 46.6 Å². The lowest BCUT2D eigenvalue weighted by molar-refractivity contribution is -0.0505. The lowest BCUT2D eigenvalue weighted by atomic mass is 9.88. The van der Waals surface area contributed by atoms with Crippen LogP contribution in [0.25, 0.3) is 16.8 Å². The molecule has 8 nitrogen and oxygen atoms in total. The Labute approximate surface area is 209 Å². The highest BCUT2D eigenvalue weighted by molar-refractivity contribution is 5.98. The molecule has 2 N–H and O–H groups in total. The number of aromatic nitrogens is 4. The van der Waals surface area contributed by atoms with Gasteiger partial charge in [-0.05, 0) is 44.5 Å². The maximum atomic E-state index is 13.5. The molecule has 4 heterocycles. The largest absolute Gasteiger partial charge is 0.434 e. The summed E-state index contributed by atoms with van der Waals surface area (Å²) in [5, 5.41) is 4.65. The summed E-state index contributed by atoms with van der Waals surface area (Å²) in [4.78, 5) is 23.3.